The van der Waals surface area contributed by atoms with Crippen molar-refractivity contribution in [1.29, 1.82) is 0 Å². The molecule has 4 aliphatic heterocycles. The summed E-state index contributed by atoms with van der Waals surface area (Å²) in [7, 11) is 1.22. The van der Waals surface area contributed by atoms with Gasteiger partial charge in [-0.2, -0.15) is 0 Å². The Kier molecular flexibility index (Phi) is 15.4. The average Bonchev–Trinajstić information content (AvgIpc) is 3.09. The van der Waals surface area contributed by atoms with Gasteiger partial charge in [-0.05, 0) is 0 Å². The predicted molar refractivity (Wildman–Crippen MR) is 150 cm³/mol. The molecule has 0 radical (unpaired) electrons. The fourth-order valence-electron chi connectivity index (χ4n) is 5.86. The molecule has 4 fully saturated rings. The van der Waals surface area contributed by atoms with E-state index in [1.165, 1.54) is 7.05 Å². The van der Waals surface area contributed by atoms with Crippen LogP contribution in [0.2, 0.25) is 0 Å². The first-order valence-electron chi connectivity index (χ1n) is 15.6. The van der Waals surface area contributed by atoms with Crippen molar-refractivity contribution in [3.8, 4) is 0 Å². The Morgan fingerprint density at radius 2 is 0.780 bits per heavy atom. The number of nitrogens with one attached hydrogen (secondary N) is 1. The van der Waals surface area contributed by atoms with Gasteiger partial charge in [0.1, 0.15) is 104 Å². The lowest BCUT2D eigenvalue weighted by atomic mass is 9.95. The summed E-state index contributed by atoms with van der Waals surface area (Å²) in [5, 5.41) is 145. The Morgan fingerprint density at radius 1 is 0.460 bits per heavy atom. The lowest BCUT2D eigenvalue weighted by Crippen LogP contribution is -2.68. The molecule has 4 heterocycles. The predicted octanol–water partition coefficient (Wildman–Crippen LogP) is -9.94. The van der Waals surface area contributed by atoms with Crippen molar-refractivity contribution in [2.45, 2.75) is 123 Å². The molecule has 0 unspecified atom stereocenters. The molecule has 0 bridgehead atoms. The van der Waals surface area contributed by atoms with Crippen molar-refractivity contribution in [3.63, 3.8) is 0 Å². The van der Waals surface area contributed by atoms with Crippen molar-refractivity contribution in [3.05, 3.63) is 0 Å². The third kappa shape index (κ3) is 9.04. The van der Waals surface area contributed by atoms with E-state index < -0.39 is 156 Å². The lowest BCUT2D eigenvalue weighted by Gasteiger charge is -2.49. The molecule has 0 saturated carbocycles. The highest BCUT2D eigenvalue weighted by Crippen LogP contribution is 2.34. The number of rotatable bonds is 14. The average molecular weight is 741 g/mol. The zero-order valence-corrected chi connectivity index (χ0v) is 26.6. The summed E-state index contributed by atoms with van der Waals surface area (Å²) in [6.45, 7) is -3.86. The first-order valence-corrected chi connectivity index (χ1v) is 15.6. The Hall–Kier alpha value is -0.960. The Morgan fingerprint density at radius 3 is 1.14 bits per heavy atom. The largest absolute Gasteiger partial charge is 0.394 e. The number of hydroxylamine groups is 1. The van der Waals surface area contributed by atoms with E-state index in [1.807, 2.05) is 0 Å². The minimum atomic E-state index is -2.07. The highest BCUT2D eigenvalue weighted by molar-refractivity contribution is 4.98. The molecule has 24 heteroatoms. The molecule has 20 atom stereocenters. The molecule has 4 aliphatic rings. The summed E-state index contributed by atoms with van der Waals surface area (Å²) in [4.78, 5) is 0. The monoisotopic (exact) mass is 740 g/mol. The normalized spacial score (nSPS) is 49.0. The van der Waals surface area contributed by atoms with Gasteiger partial charge in [0.25, 0.3) is 0 Å². The van der Waals surface area contributed by atoms with Gasteiger partial charge in [0.15, 0.2) is 25.2 Å². The van der Waals surface area contributed by atoms with E-state index in [0.717, 1.165) is 0 Å². The van der Waals surface area contributed by atoms with Crippen LogP contribution in [-0.2, 0) is 37.9 Å². The van der Waals surface area contributed by atoms with Crippen LogP contribution in [0.5, 0.6) is 0 Å². The molecule has 50 heavy (non-hydrogen) atoms. The number of ether oxygens (including phenoxy) is 8. The Bertz CT molecular complexity index is 1020. The standard InChI is InChI=1S/C26H48N2O22/c1-28(42)27-6-43-23-17(39)20(12(34)8(3-30)44-23)49-25-19(41)22(14(36)10(5-32)46-25)50-26-18(40)21(13(35)9(4-31)47-26)48-24-16(38)15(37)11(33)7(2-29)45-24/h7-27,29-42H,2-6H2,1H3/t7-,8-,9-,10-,11-,12-,13-,14-,15+,16-,17-,18-,19-,20+,21+,22+,23+,24+,25+,26+/m1/s1. The zero-order chi connectivity index (χ0) is 37.0. The van der Waals surface area contributed by atoms with Crippen LogP contribution in [-0.4, -0.2) is 240 Å². The summed E-state index contributed by atoms with van der Waals surface area (Å²) in [5.74, 6) is 0. The molecular weight excluding hydrogens is 692 g/mol. The molecule has 0 aromatic rings. The summed E-state index contributed by atoms with van der Waals surface area (Å²) in [5.41, 5.74) is 2.32. The van der Waals surface area contributed by atoms with E-state index in [-0.39, 0.29) is 0 Å². The van der Waals surface area contributed by atoms with Crippen LogP contribution in [0.1, 0.15) is 0 Å². The van der Waals surface area contributed by atoms with Gasteiger partial charge in [-0.25, -0.2) is 5.43 Å². The van der Waals surface area contributed by atoms with Gasteiger partial charge < -0.3 is 104 Å². The van der Waals surface area contributed by atoms with Crippen LogP contribution in [0.3, 0.4) is 0 Å². The molecule has 0 amide bonds. The summed E-state index contributed by atoms with van der Waals surface area (Å²) in [6, 6.07) is 0. The van der Waals surface area contributed by atoms with Crippen molar-refractivity contribution in [2.24, 2.45) is 0 Å². The van der Waals surface area contributed by atoms with Crippen LogP contribution >= 0.6 is 0 Å². The fraction of sp³-hybridized carbons (Fsp3) is 1.00. The first kappa shape index (κ1) is 41.8. The molecule has 4 rings (SSSR count). The van der Waals surface area contributed by atoms with Gasteiger partial charge in [0, 0.05) is 7.05 Å². The van der Waals surface area contributed by atoms with Gasteiger partial charge in [0.05, 0.1) is 26.4 Å². The van der Waals surface area contributed by atoms with Crippen LogP contribution in [0.25, 0.3) is 0 Å². The third-order valence-electron chi connectivity index (χ3n) is 8.73. The number of nitrogens with zero attached hydrogens (tertiary/aromatic N) is 1. The number of aliphatic hydroxyl groups is 13. The molecule has 0 aromatic heterocycles. The maximum atomic E-state index is 11.2. The quantitative estimate of drug-likeness (QED) is 0.0580. The minimum absolute atomic E-state index is 0.429. The maximum Gasteiger partial charge on any atom is 0.188 e. The Balaban J connectivity index is 1.52. The molecule has 15 N–H and O–H groups in total. The smallest absolute Gasteiger partial charge is 0.188 e. The zero-order valence-electron chi connectivity index (χ0n) is 26.6. The maximum absolute atomic E-state index is 11.2. The van der Waals surface area contributed by atoms with Crippen molar-refractivity contribution in [2.75, 3.05) is 40.2 Å². The molecule has 24 nitrogen and oxygen atoms in total. The van der Waals surface area contributed by atoms with Gasteiger partial charge in [-0.15, -0.1) is 5.17 Å². The molecule has 0 aromatic carbocycles. The summed E-state index contributed by atoms with van der Waals surface area (Å²) >= 11 is 0. The van der Waals surface area contributed by atoms with E-state index in [4.69, 9.17) is 37.9 Å². The molecule has 294 valence electrons. The Labute approximate surface area is 283 Å². The summed E-state index contributed by atoms with van der Waals surface area (Å²) < 4.78 is 43.7. The minimum Gasteiger partial charge on any atom is -0.394 e. The second-order valence-electron chi connectivity index (χ2n) is 12.1. The van der Waals surface area contributed by atoms with Crippen LogP contribution in [0.4, 0.5) is 0 Å². The van der Waals surface area contributed by atoms with E-state index in [1.54, 1.807) is 0 Å². The number of aliphatic hydroxyl groups excluding tert-OH is 13. The van der Waals surface area contributed by atoms with Gasteiger partial charge in [-0.3, -0.25) is 5.21 Å². The van der Waals surface area contributed by atoms with E-state index in [9.17, 15) is 71.6 Å². The van der Waals surface area contributed by atoms with Crippen molar-refractivity contribution >= 4 is 0 Å². The van der Waals surface area contributed by atoms with E-state index in [2.05, 4.69) is 5.43 Å². The SMILES string of the molecule is CN(O)NCO[C@H]1O[C@H](CO)[C@@H](O)[C@H](O[C@@H]2O[C@H](CO)[C@@H](O)[C@H](O[C@@H]3O[C@H](CO)[C@@H](O)[C@H](O[C@@H]4O[C@H](CO)[C@@H](O)[C@H](O)[C@H]4O)[C@H]3O)[C@H]2O)[C@H]1O. The highest BCUT2D eigenvalue weighted by atomic mass is 16.8. The van der Waals surface area contributed by atoms with E-state index >= 15 is 0 Å². The number of hydrogen-bond acceptors (Lipinski definition) is 24. The molecule has 0 spiro atoms. The second kappa shape index (κ2) is 18.4. The highest BCUT2D eigenvalue weighted by Gasteiger charge is 2.55. The first-order chi connectivity index (χ1) is 23.7. The van der Waals surface area contributed by atoms with Crippen molar-refractivity contribution in [1.82, 2.24) is 10.6 Å². The van der Waals surface area contributed by atoms with Gasteiger partial charge in [0.2, 0.25) is 0 Å². The van der Waals surface area contributed by atoms with Crippen LogP contribution in [0.15, 0.2) is 0 Å². The molecular formula is C26H48N2O22. The van der Waals surface area contributed by atoms with E-state index in [0.29, 0.717) is 5.17 Å². The number of hydrogen-bond donors (Lipinski definition) is 15. The van der Waals surface area contributed by atoms with Crippen molar-refractivity contribution < 1.29 is 109 Å². The lowest BCUT2D eigenvalue weighted by molar-refractivity contribution is -0.390. The fourth-order valence-corrected chi connectivity index (χ4v) is 5.86. The second-order valence-corrected chi connectivity index (χ2v) is 12.1. The third-order valence-corrected chi connectivity index (χ3v) is 8.73. The molecule has 4 saturated heterocycles. The van der Waals surface area contributed by atoms with Crippen LogP contribution < -0.4 is 5.43 Å². The van der Waals surface area contributed by atoms with Crippen LogP contribution in [0, 0.1) is 0 Å². The van der Waals surface area contributed by atoms with Gasteiger partial charge in [-0.1, -0.05) is 0 Å². The molecule has 0 aliphatic carbocycles. The van der Waals surface area contributed by atoms with Gasteiger partial charge >= 0.3 is 0 Å². The topological polar surface area (TPSA) is 372 Å². The summed E-state index contributed by atoms with van der Waals surface area (Å²) in [6.07, 6.45) is -35.8. The number of hydrazine groups is 1.